The SMILES string of the molecule is CC/C=C\C/C=C\C/C=C\C/C=C\C/C=C\CCCC(=O)OC(COC(=O)CCCCCCCCCC/C=C\C/C=C\C/C=C\C/C=C\CC)COP(=O)(O)OCC[N+](C)(C)C. The molecule has 2 atom stereocenters. The largest absolute Gasteiger partial charge is 0.472 e. The topological polar surface area (TPSA) is 108 Å². The van der Waals surface area contributed by atoms with Crippen LogP contribution in [0.15, 0.2) is 109 Å². The van der Waals surface area contributed by atoms with Crippen molar-refractivity contribution in [2.24, 2.45) is 0 Å². The number of hydrogen-bond acceptors (Lipinski definition) is 7. The summed E-state index contributed by atoms with van der Waals surface area (Å²) in [5.41, 5.74) is 0. The molecular formula is C52H87NO8P+. The number of allylic oxidation sites excluding steroid dienone is 18. The van der Waals surface area contributed by atoms with Crippen LogP contribution in [0.3, 0.4) is 0 Å². The minimum atomic E-state index is -4.40. The molecule has 0 aliphatic heterocycles. The van der Waals surface area contributed by atoms with E-state index in [-0.39, 0.29) is 26.1 Å². The van der Waals surface area contributed by atoms with Gasteiger partial charge >= 0.3 is 19.8 Å². The third kappa shape index (κ3) is 46.2. The lowest BCUT2D eigenvalue weighted by Crippen LogP contribution is -2.37. The second kappa shape index (κ2) is 42.9. The Morgan fingerprint density at radius 1 is 0.500 bits per heavy atom. The van der Waals surface area contributed by atoms with Gasteiger partial charge in [0.05, 0.1) is 27.7 Å². The monoisotopic (exact) mass is 885 g/mol. The molecule has 0 rings (SSSR count). The van der Waals surface area contributed by atoms with Crippen molar-refractivity contribution < 1.29 is 42.1 Å². The molecule has 0 heterocycles. The van der Waals surface area contributed by atoms with E-state index in [1.165, 1.54) is 25.7 Å². The fourth-order valence-corrected chi connectivity index (χ4v) is 6.43. The standard InChI is InChI=1S/C52H86NO8P/c1-6-8-10-12-14-16-18-20-22-24-25-26-27-29-30-32-34-36-38-40-42-44-51(54)58-48-50(49-60-62(56,57)59-47-46-53(3,4)5)61-52(55)45-43-41-39-37-35-33-31-28-23-21-19-17-15-13-11-9-7-2/h8-11,14-17,20-23,25-26,31,33,37,39,50H,6-7,12-13,18-19,24,27-30,32,34-36,38,40-49H2,1-5H3/p+1/b10-8-,11-9-,16-14-,17-15-,22-20-,23-21-,26-25-,33-31-,39-37-. The molecule has 352 valence electrons. The van der Waals surface area contributed by atoms with E-state index in [1.54, 1.807) is 0 Å². The number of carbonyl (C=O) groups excluding carboxylic acids is 2. The van der Waals surface area contributed by atoms with E-state index in [2.05, 4.69) is 117 Å². The van der Waals surface area contributed by atoms with Crippen LogP contribution in [0.2, 0.25) is 0 Å². The average molecular weight is 885 g/mol. The molecule has 0 aromatic carbocycles. The fraction of sp³-hybridized carbons (Fsp3) is 0.615. The smallest absolute Gasteiger partial charge is 0.462 e. The summed E-state index contributed by atoms with van der Waals surface area (Å²) >= 11 is 0. The number of hydrogen-bond donors (Lipinski definition) is 1. The van der Waals surface area contributed by atoms with Gasteiger partial charge in [0.25, 0.3) is 0 Å². The van der Waals surface area contributed by atoms with Crippen LogP contribution in [-0.4, -0.2) is 74.9 Å². The number of ether oxygens (including phenoxy) is 2. The molecule has 0 aromatic rings. The van der Waals surface area contributed by atoms with Crippen molar-refractivity contribution in [3.8, 4) is 0 Å². The van der Waals surface area contributed by atoms with E-state index in [4.69, 9.17) is 18.5 Å². The lowest BCUT2D eigenvalue weighted by molar-refractivity contribution is -0.870. The van der Waals surface area contributed by atoms with Crippen molar-refractivity contribution in [1.82, 2.24) is 0 Å². The maximum atomic E-state index is 12.7. The highest BCUT2D eigenvalue weighted by Gasteiger charge is 2.27. The fourth-order valence-electron chi connectivity index (χ4n) is 5.69. The highest BCUT2D eigenvalue weighted by Crippen LogP contribution is 2.43. The van der Waals surface area contributed by atoms with Crippen LogP contribution in [0.4, 0.5) is 0 Å². The molecule has 9 nitrogen and oxygen atoms in total. The molecule has 62 heavy (non-hydrogen) atoms. The minimum Gasteiger partial charge on any atom is -0.462 e. The number of phosphoric acid groups is 1. The molecule has 0 spiro atoms. The van der Waals surface area contributed by atoms with Gasteiger partial charge in [-0.15, -0.1) is 0 Å². The van der Waals surface area contributed by atoms with E-state index in [1.807, 2.05) is 27.2 Å². The van der Waals surface area contributed by atoms with Crippen LogP contribution in [-0.2, 0) is 32.7 Å². The average Bonchev–Trinajstić information content (AvgIpc) is 3.23. The van der Waals surface area contributed by atoms with E-state index in [0.717, 1.165) is 83.5 Å². The number of unbranched alkanes of at least 4 members (excludes halogenated alkanes) is 9. The first-order chi connectivity index (χ1) is 30.0. The summed E-state index contributed by atoms with van der Waals surface area (Å²) in [4.78, 5) is 35.4. The van der Waals surface area contributed by atoms with Crippen molar-refractivity contribution in [1.29, 1.82) is 0 Å². The third-order valence-corrected chi connectivity index (χ3v) is 10.3. The number of carbonyl (C=O) groups is 2. The molecule has 0 aliphatic carbocycles. The summed E-state index contributed by atoms with van der Waals surface area (Å²) in [5, 5.41) is 0. The number of rotatable bonds is 41. The molecule has 0 radical (unpaired) electrons. The summed E-state index contributed by atoms with van der Waals surface area (Å²) in [6.07, 6.45) is 58.6. The lowest BCUT2D eigenvalue weighted by Gasteiger charge is -2.24. The van der Waals surface area contributed by atoms with Gasteiger partial charge in [0.2, 0.25) is 0 Å². The third-order valence-electron chi connectivity index (χ3n) is 9.30. The molecule has 0 fully saturated rings. The molecule has 0 aromatic heterocycles. The highest BCUT2D eigenvalue weighted by molar-refractivity contribution is 7.47. The molecular weight excluding hydrogens is 798 g/mol. The van der Waals surface area contributed by atoms with Gasteiger partial charge in [0.15, 0.2) is 6.10 Å². The Kier molecular flexibility index (Phi) is 40.6. The molecule has 0 saturated heterocycles. The van der Waals surface area contributed by atoms with Gasteiger partial charge in [-0.05, 0) is 89.9 Å². The van der Waals surface area contributed by atoms with Crippen molar-refractivity contribution in [3.63, 3.8) is 0 Å². The van der Waals surface area contributed by atoms with Crippen molar-refractivity contribution >= 4 is 19.8 Å². The summed E-state index contributed by atoms with van der Waals surface area (Å²) < 4.78 is 34.3. The van der Waals surface area contributed by atoms with E-state index >= 15 is 0 Å². The summed E-state index contributed by atoms with van der Waals surface area (Å²) in [7, 11) is 1.42. The normalized spacial score (nSPS) is 14.5. The maximum Gasteiger partial charge on any atom is 0.472 e. The molecule has 2 unspecified atom stereocenters. The number of quaternary nitrogens is 1. The maximum absolute atomic E-state index is 12.7. The second-order valence-corrected chi connectivity index (χ2v) is 17.8. The van der Waals surface area contributed by atoms with Gasteiger partial charge in [0.1, 0.15) is 19.8 Å². The van der Waals surface area contributed by atoms with E-state index in [0.29, 0.717) is 30.3 Å². The van der Waals surface area contributed by atoms with Gasteiger partial charge in [-0.3, -0.25) is 18.6 Å². The van der Waals surface area contributed by atoms with E-state index in [9.17, 15) is 19.0 Å². The first kappa shape index (κ1) is 58.7. The van der Waals surface area contributed by atoms with Crippen molar-refractivity contribution in [2.75, 3.05) is 47.5 Å². The highest BCUT2D eigenvalue weighted by atomic mass is 31.2. The summed E-state index contributed by atoms with van der Waals surface area (Å²) in [6.45, 7) is 4.10. The second-order valence-electron chi connectivity index (χ2n) is 16.4. The van der Waals surface area contributed by atoms with Gasteiger partial charge in [-0.1, -0.05) is 162 Å². The first-order valence-corrected chi connectivity index (χ1v) is 25.1. The Morgan fingerprint density at radius 2 is 0.887 bits per heavy atom. The van der Waals surface area contributed by atoms with Gasteiger partial charge in [-0.25, -0.2) is 4.57 Å². The van der Waals surface area contributed by atoms with Crippen LogP contribution in [0.25, 0.3) is 0 Å². The zero-order chi connectivity index (χ0) is 45.7. The number of nitrogens with zero attached hydrogens (tertiary/aromatic N) is 1. The van der Waals surface area contributed by atoms with Crippen LogP contribution in [0.1, 0.15) is 155 Å². The Labute approximate surface area is 378 Å². The lowest BCUT2D eigenvalue weighted by atomic mass is 10.1. The Morgan fingerprint density at radius 3 is 1.34 bits per heavy atom. The van der Waals surface area contributed by atoms with Crippen molar-refractivity contribution in [3.05, 3.63) is 109 Å². The molecule has 0 bridgehead atoms. The molecule has 0 aliphatic rings. The Hall–Kier alpha value is -3.33. The van der Waals surface area contributed by atoms with Crippen LogP contribution in [0, 0.1) is 0 Å². The zero-order valence-corrected chi connectivity index (χ0v) is 40.4. The Balaban J connectivity index is 4.42. The first-order valence-electron chi connectivity index (χ1n) is 23.6. The minimum absolute atomic E-state index is 0.0131. The number of phosphoric ester groups is 1. The number of esters is 2. The summed E-state index contributed by atoms with van der Waals surface area (Å²) in [6, 6.07) is 0. The molecule has 1 N–H and O–H groups in total. The van der Waals surface area contributed by atoms with Gasteiger partial charge in [0, 0.05) is 12.8 Å². The van der Waals surface area contributed by atoms with Crippen LogP contribution in [0.5, 0.6) is 0 Å². The quantitative estimate of drug-likeness (QED) is 0.0213. The predicted octanol–water partition coefficient (Wildman–Crippen LogP) is 13.9. The Bertz CT molecular complexity index is 1420. The van der Waals surface area contributed by atoms with Gasteiger partial charge in [-0.2, -0.15) is 0 Å². The number of likely N-dealkylation sites (N-methyl/N-ethyl adjacent to an activating group) is 1. The van der Waals surface area contributed by atoms with Crippen LogP contribution < -0.4 is 0 Å². The molecule has 0 saturated carbocycles. The molecule has 10 heteroatoms. The zero-order valence-electron chi connectivity index (χ0n) is 39.6. The van der Waals surface area contributed by atoms with E-state index < -0.39 is 32.5 Å². The molecule has 0 amide bonds. The summed E-state index contributed by atoms with van der Waals surface area (Å²) in [5.74, 6) is -0.887. The van der Waals surface area contributed by atoms with Crippen molar-refractivity contribution in [2.45, 2.75) is 161 Å². The van der Waals surface area contributed by atoms with Crippen LogP contribution >= 0.6 is 7.82 Å². The van der Waals surface area contributed by atoms with Gasteiger partial charge < -0.3 is 18.9 Å². The predicted molar refractivity (Wildman–Crippen MR) is 261 cm³/mol.